The molecule has 102 valence electrons. The quantitative estimate of drug-likeness (QED) is 0.717. The van der Waals surface area contributed by atoms with Gasteiger partial charge in [0, 0.05) is 18.3 Å². The second kappa shape index (κ2) is 4.76. The third-order valence-corrected chi connectivity index (χ3v) is 3.21. The van der Waals surface area contributed by atoms with Crippen LogP contribution in [-0.2, 0) is 13.6 Å². The molecule has 2 aromatic heterocycles. The fourth-order valence-electron chi connectivity index (χ4n) is 1.94. The predicted molar refractivity (Wildman–Crippen MR) is 74.7 cm³/mol. The number of hydrogen-bond donors (Lipinski definition) is 1. The Morgan fingerprint density at radius 3 is 2.80 bits per heavy atom. The van der Waals surface area contributed by atoms with E-state index >= 15 is 0 Å². The van der Waals surface area contributed by atoms with E-state index in [-0.39, 0.29) is 0 Å². The smallest absolute Gasteiger partial charge is 0.154 e. The van der Waals surface area contributed by atoms with Crippen LogP contribution in [0.5, 0.6) is 0 Å². The Bertz CT molecular complexity index is 741. The predicted octanol–water partition coefficient (Wildman–Crippen LogP) is 1.01. The minimum absolute atomic E-state index is 0.539. The zero-order chi connectivity index (χ0) is 14.1. The van der Waals surface area contributed by atoms with Crippen LogP contribution in [0.4, 0.5) is 5.69 Å². The summed E-state index contributed by atoms with van der Waals surface area (Å²) < 4.78 is 3.60. The van der Waals surface area contributed by atoms with Gasteiger partial charge in [0.2, 0.25) is 0 Å². The van der Waals surface area contributed by atoms with Crippen molar-refractivity contribution in [2.75, 3.05) is 5.73 Å². The highest BCUT2D eigenvalue weighted by Gasteiger charge is 2.07. The van der Waals surface area contributed by atoms with Crippen molar-refractivity contribution < 1.29 is 0 Å². The van der Waals surface area contributed by atoms with Crippen LogP contribution in [-0.4, -0.2) is 29.8 Å². The highest BCUT2D eigenvalue weighted by atomic mass is 15.4. The van der Waals surface area contributed by atoms with Crippen molar-refractivity contribution >= 4 is 5.69 Å². The highest BCUT2D eigenvalue weighted by molar-refractivity contribution is 5.63. The molecule has 0 bridgehead atoms. The summed E-state index contributed by atoms with van der Waals surface area (Å²) in [5.41, 5.74) is 9.45. The van der Waals surface area contributed by atoms with Crippen LogP contribution in [0.25, 0.3) is 11.3 Å². The van der Waals surface area contributed by atoms with Crippen molar-refractivity contribution in [2.45, 2.75) is 13.5 Å². The van der Waals surface area contributed by atoms with Gasteiger partial charge in [0.05, 0.1) is 6.20 Å². The number of nitrogens with two attached hydrogens (primary N) is 1. The molecule has 0 aliphatic rings. The molecule has 0 spiro atoms. The second-order valence-corrected chi connectivity index (χ2v) is 4.73. The van der Waals surface area contributed by atoms with E-state index in [2.05, 4.69) is 20.5 Å². The van der Waals surface area contributed by atoms with Gasteiger partial charge in [-0.2, -0.15) is 0 Å². The van der Waals surface area contributed by atoms with E-state index < -0.39 is 0 Å². The monoisotopic (exact) mass is 269 g/mol. The number of hydrogen-bond acceptors (Lipinski definition) is 5. The molecule has 3 aromatic rings. The Balaban J connectivity index is 1.86. The molecule has 0 fully saturated rings. The fraction of sp³-hybridized carbons (Fsp3) is 0.231. The molecule has 0 aliphatic carbocycles. The summed E-state index contributed by atoms with van der Waals surface area (Å²) >= 11 is 0. The summed E-state index contributed by atoms with van der Waals surface area (Å²) in [5, 5.41) is 16.2. The maximum absolute atomic E-state index is 5.82. The molecule has 2 N–H and O–H groups in total. The van der Waals surface area contributed by atoms with Gasteiger partial charge < -0.3 is 10.3 Å². The van der Waals surface area contributed by atoms with Crippen molar-refractivity contribution in [2.24, 2.45) is 7.05 Å². The lowest BCUT2D eigenvalue weighted by Gasteiger charge is -2.01. The molecule has 0 saturated carbocycles. The lowest BCUT2D eigenvalue weighted by Crippen LogP contribution is -2.06. The number of nitrogen functional groups attached to an aromatic ring is 1. The number of aromatic nitrogens is 6. The molecule has 0 amide bonds. The molecule has 0 atom stereocenters. The number of rotatable bonds is 3. The topological polar surface area (TPSA) is 87.4 Å². The van der Waals surface area contributed by atoms with Crippen LogP contribution in [0.3, 0.4) is 0 Å². The molecule has 0 radical (unpaired) electrons. The number of anilines is 1. The zero-order valence-corrected chi connectivity index (χ0v) is 11.4. The first-order valence-electron chi connectivity index (χ1n) is 6.23. The van der Waals surface area contributed by atoms with Gasteiger partial charge in [-0.15, -0.1) is 15.3 Å². The zero-order valence-electron chi connectivity index (χ0n) is 11.4. The maximum Gasteiger partial charge on any atom is 0.154 e. The standard InChI is InChI=1S/C13H15N7/c1-9-5-10(3-4-11(9)14)12-6-20(18-16-12)7-13-17-15-8-19(13)2/h3-6,8H,7,14H2,1-2H3. The molecule has 0 saturated heterocycles. The van der Waals surface area contributed by atoms with E-state index in [0.29, 0.717) is 6.54 Å². The molecule has 7 heteroatoms. The Labute approximate surface area is 116 Å². The van der Waals surface area contributed by atoms with Crippen LogP contribution in [0.1, 0.15) is 11.4 Å². The number of benzene rings is 1. The largest absolute Gasteiger partial charge is 0.399 e. The lowest BCUT2D eigenvalue weighted by molar-refractivity contribution is 0.605. The Hall–Kier alpha value is -2.70. The van der Waals surface area contributed by atoms with E-state index in [4.69, 9.17) is 5.73 Å². The Morgan fingerprint density at radius 2 is 2.10 bits per heavy atom. The average Bonchev–Trinajstić information content (AvgIpc) is 3.04. The SMILES string of the molecule is Cc1cc(-c2cn(Cc3nncn3C)nn2)ccc1N. The molecule has 20 heavy (non-hydrogen) atoms. The third-order valence-electron chi connectivity index (χ3n) is 3.21. The number of nitrogens with zero attached hydrogens (tertiary/aromatic N) is 6. The van der Waals surface area contributed by atoms with Gasteiger partial charge in [0.25, 0.3) is 0 Å². The Morgan fingerprint density at radius 1 is 1.25 bits per heavy atom. The molecule has 0 unspecified atom stereocenters. The van der Waals surface area contributed by atoms with Crippen LogP contribution >= 0.6 is 0 Å². The minimum Gasteiger partial charge on any atom is -0.399 e. The summed E-state index contributed by atoms with van der Waals surface area (Å²) in [6.45, 7) is 2.51. The first-order chi connectivity index (χ1) is 9.63. The van der Waals surface area contributed by atoms with Gasteiger partial charge in [-0.3, -0.25) is 0 Å². The molecular formula is C13H15N7. The van der Waals surface area contributed by atoms with Crippen LogP contribution in [0, 0.1) is 6.92 Å². The fourth-order valence-corrected chi connectivity index (χ4v) is 1.94. The molecular weight excluding hydrogens is 254 g/mol. The first-order valence-corrected chi connectivity index (χ1v) is 6.23. The molecule has 7 nitrogen and oxygen atoms in total. The molecule has 0 aliphatic heterocycles. The normalized spacial score (nSPS) is 10.9. The first kappa shape index (κ1) is 12.3. The minimum atomic E-state index is 0.539. The van der Waals surface area contributed by atoms with E-state index in [1.54, 1.807) is 11.0 Å². The van der Waals surface area contributed by atoms with E-state index in [0.717, 1.165) is 28.3 Å². The second-order valence-electron chi connectivity index (χ2n) is 4.73. The summed E-state index contributed by atoms with van der Waals surface area (Å²) in [4.78, 5) is 0. The van der Waals surface area contributed by atoms with E-state index in [1.165, 1.54) is 0 Å². The van der Waals surface area contributed by atoms with Crippen molar-refractivity contribution in [3.05, 3.63) is 42.1 Å². The van der Waals surface area contributed by atoms with Crippen LogP contribution in [0.15, 0.2) is 30.7 Å². The van der Waals surface area contributed by atoms with E-state index in [1.807, 2.05) is 42.9 Å². The van der Waals surface area contributed by atoms with Crippen molar-refractivity contribution in [3.8, 4) is 11.3 Å². The molecule has 3 rings (SSSR count). The van der Waals surface area contributed by atoms with Gasteiger partial charge in [0.15, 0.2) is 5.82 Å². The summed E-state index contributed by atoms with van der Waals surface area (Å²) in [5.74, 6) is 0.829. The summed E-state index contributed by atoms with van der Waals surface area (Å²) in [7, 11) is 1.90. The maximum atomic E-state index is 5.82. The number of aryl methyl sites for hydroxylation is 2. The van der Waals surface area contributed by atoms with Crippen molar-refractivity contribution in [1.29, 1.82) is 0 Å². The summed E-state index contributed by atoms with van der Waals surface area (Å²) in [6.07, 6.45) is 3.55. The van der Waals surface area contributed by atoms with Crippen LogP contribution < -0.4 is 5.73 Å². The van der Waals surface area contributed by atoms with Crippen LogP contribution in [0.2, 0.25) is 0 Å². The van der Waals surface area contributed by atoms with Gasteiger partial charge in [-0.25, -0.2) is 4.68 Å². The molecule has 1 aromatic carbocycles. The van der Waals surface area contributed by atoms with Crippen molar-refractivity contribution in [3.63, 3.8) is 0 Å². The third kappa shape index (κ3) is 2.25. The van der Waals surface area contributed by atoms with Gasteiger partial charge in [-0.1, -0.05) is 11.3 Å². The molecule has 2 heterocycles. The van der Waals surface area contributed by atoms with Gasteiger partial charge in [0.1, 0.15) is 18.6 Å². The van der Waals surface area contributed by atoms with E-state index in [9.17, 15) is 0 Å². The Kier molecular flexibility index (Phi) is 2.94. The van der Waals surface area contributed by atoms with Crippen molar-refractivity contribution in [1.82, 2.24) is 29.8 Å². The lowest BCUT2D eigenvalue weighted by atomic mass is 10.1. The van der Waals surface area contributed by atoms with Gasteiger partial charge >= 0.3 is 0 Å². The average molecular weight is 269 g/mol. The summed E-state index contributed by atoms with van der Waals surface area (Å²) in [6, 6.07) is 5.83. The highest BCUT2D eigenvalue weighted by Crippen LogP contribution is 2.21. The van der Waals surface area contributed by atoms with Gasteiger partial charge in [-0.05, 0) is 24.6 Å².